The Balaban J connectivity index is 2.31. The molecule has 0 saturated heterocycles. The van der Waals surface area contributed by atoms with Crippen molar-refractivity contribution in [3.8, 4) is 0 Å². The van der Waals surface area contributed by atoms with Crippen LogP contribution in [0.3, 0.4) is 0 Å². The molecule has 0 unspecified atom stereocenters. The molecular formula is C12H13NO2. The van der Waals surface area contributed by atoms with Crippen LogP contribution in [0.5, 0.6) is 0 Å². The fraction of sp³-hybridized carbons (Fsp3) is 0.333. The maximum Gasteiger partial charge on any atom is 0.195 e. The molecule has 15 heavy (non-hydrogen) atoms. The highest BCUT2D eigenvalue weighted by molar-refractivity contribution is 5.77. The maximum atomic E-state index is 10.8. The molecule has 2 rings (SSSR count). The van der Waals surface area contributed by atoms with Gasteiger partial charge >= 0.3 is 0 Å². The summed E-state index contributed by atoms with van der Waals surface area (Å²) in [5.74, 6) is 0.809. The van der Waals surface area contributed by atoms with Gasteiger partial charge in [-0.1, -0.05) is 12.1 Å². The molecule has 1 heterocycles. The lowest BCUT2D eigenvalue weighted by molar-refractivity contribution is -0.117. The average molecular weight is 203 g/mol. The van der Waals surface area contributed by atoms with Crippen LogP contribution in [0.2, 0.25) is 0 Å². The monoisotopic (exact) mass is 203 g/mol. The number of rotatable bonds is 3. The molecule has 0 aliphatic rings. The van der Waals surface area contributed by atoms with Gasteiger partial charge in [0.2, 0.25) is 0 Å². The Morgan fingerprint density at radius 3 is 2.93 bits per heavy atom. The molecule has 0 N–H and O–H groups in total. The lowest BCUT2D eigenvalue weighted by Crippen LogP contribution is -1.93. The van der Waals surface area contributed by atoms with E-state index in [-0.39, 0.29) is 5.78 Å². The average Bonchev–Trinajstić information content (AvgIpc) is 2.59. The number of carbonyl (C=O) groups excluding carboxylic acids is 1. The number of nitrogens with zero attached hydrogens (tertiary/aromatic N) is 1. The van der Waals surface area contributed by atoms with Crippen molar-refractivity contribution >= 4 is 16.9 Å². The van der Waals surface area contributed by atoms with E-state index in [9.17, 15) is 4.79 Å². The van der Waals surface area contributed by atoms with E-state index in [0.29, 0.717) is 18.7 Å². The van der Waals surface area contributed by atoms with Crippen LogP contribution in [0, 0.1) is 6.92 Å². The van der Waals surface area contributed by atoms with Gasteiger partial charge in [0.05, 0.1) is 0 Å². The van der Waals surface area contributed by atoms with Crippen LogP contribution in [-0.2, 0) is 11.2 Å². The zero-order chi connectivity index (χ0) is 10.8. The minimum atomic E-state index is 0.161. The van der Waals surface area contributed by atoms with Gasteiger partial charge in [0.15, 0.2) is 11.5 Å². The summed E-state index contributed by atoms with van der Waals surface area (Å²) in [4.78, 5) is 15.2. The van der Waals surface area contributed by atoms with Crippen molar-refractivity contribution in [1.29, 1.82) is 0 Å². The summed E-state index contributed by atoms with van der Waals surface area (Å²) < 4.78 is 5.54. The van der Waals surface area contributed by atoms with Crippen molar-refractivity contribution < 1.29 is 9.21 Å². The summed E-state index contributed by atoms with van der Waals surface area (Å²) in [5, 5.41) is 0. The number of aromatic nitrogens is 1. The molecule has 0 bridgehead atoms. The third-order valence-electron chi connectivity index (χ3n) is 2.36. The van der Waals surface area contributed by atoms with Crippen molar-refractivity contribution in [2.75, 3.05) is 0 Å². The second-order valence-corrected chi connectivity index (χ2v) is 3.73. The highest BCUT2D eigenvalue weighted by Crippen LogP contribution is 2.19. The van der Waals surface area contributed by atoms with Gasteiger partial charge in [-0.2, -0.15) is 0 Å². The Bertz CT molecular complexity index is 499. The Hall–Kier alpha value is -1.64. The number of benzene rings is 1. The lowest BCUT2D eigenvalue weighted by atomic mass is 10.2. The lowest BCUT2D eigenvalue weighted by Gasteiger charge is -1.89. The summed E-state index contributed by atoms with van der Waals surface area (Å²) in [6.45, 7) is 3.58. The zero-order valence-electron chi connectivity index (χ0n) is 8.91. The van der Waals surface area contributed by atoms with Crippen LogP contribution in [0.4, 0.5) is 0 Å². The van der Waals surface area contributed by atoms with E-state index in [4.69, 9.17) is 4.42 Å². The fourth-order valence-electron chi connectivity index (χ4n) is 1.52. The molecule has 0 radical (unpaired) electrons. The topological polar surface area (TPSA) is 43.1 Å². The second-order valence-electron chi connectivity index (χ2n) is 3.73. The molecule has 0 saturated carbocycles. The fourth-order valence-corrected chi connectivity index (χ4v) is 1.52. The van der Waals surface area contributed by atoms with Gasteiger partial charge in [-0.05, 0) is 25.5 Å². The molecule has 1 aromatic heterocycles. The van der Waals surface area contributed by atoms with Gasteiger partial charge in [-0.3, -0.25) is 0 Å². The van der Waals surface area contributed by atoms with Crippen molar-refractivity contribution in [3.05, 3.63) is 29.7 Å². The largest absolute Gasteiger partial charge is 0.441 e. The van der Waals surface area contributed by atoms with Crippen LogP contribution < -0.4 is 0 Å². The Kier molecular flexibility index (Phi) is 2.54. The number of aryl methyl sites for hydroxylation is 2. The minimum Gasteiger partial charge on any atom is -0.441 e. The molecule has 0 spiro atoms. The van der Waals surface area contributed by atoms with Gasteiger partial charge in [0.1, 0.15) is 11.3 Å². The highest BCUT2D eigenvalue weighted by Gasteiger charge is 2.07. The highest BCUT2D eigenvalue weighted by atomic mass is 16.3. The molecule has 2 aromatic rings. The third kappa shape index (κ3) is 2.06. The molecule has 0 aliphatic carbocycles. The van der Waals surface area contributed by atoms with Crippen LogP contribution in [-0.4, -0.2) is 10.8 Å². The van der Waals surface area contributed by atoms with Gasteiger partial charge in [-0.25, -0.2) is 4.98 Å². The summed E-state index contributed by atoms with van der Waals surface area (Å²) in [7, 11) is 0. The predicted molar refractivity (Wildman–Crippen MR) is 57.7 cm³/mol. The summed E-state index contributed by atoms with van der Waals surface area (Å²) >= 11 is 0. The zero-order valence-corrected chi connectivity index (χ0v) is 8.91. The van der Waals surface area contributed by atoms with Gasteiger partial charge in [-0.15, -0.1) is 0 Å². The molecule has 0 aliphatic heterocycles. The van der Waals surface area contributed by atoms with Crippen molar-refractivity contribution in [2.24, 2.45) is 0 Å². The van der Waals surface area contributed by atoms with Crippen molar-refractivity contribution in [1.82, 2.24) is 4.98 Å². The maximum absolute atomic E-state index is 10.8. The molecule has 1 aromatic carbocycles. The van der Waals surface area contributed by atoms with Crippen LogP contribution >= 0.6 is 0 Å². The van der Waals surface area contributed by atoms with Crippen LogP contribution in [0.25, 0.3) is 11.1 Å². The van der Waals surface area contributed by atoms with Gasteiger partial charge in [0, 0.05) is 12.8 Å². The Morgan fingerprint density at radius 2 is 2.27 bits per heavy atom. The summed E-state index contributed by atoms with van der Waals surface area (Å²) in [5.41, 5.74) is 2.80. The van der Waals surface area contributed by atoms with E-state index in [2.05, 4.69) is 4.98 Å². The van der Waals surface area contributed by atoms with E-state index < -0.39 is 0 Å². The number of para-hydroxylation sites is 1. The van der Waals surface area contributed by atoms with E-state index in [0.717, 1.165) is 16.7 Å². The van der Waals surface area contributed by atoms with E-state index >= 15 is 0 Å². The van der Waals surface area contributed by atoms with E-state index in [1.54, 1.807) is 6.92 Å². The number of ketones is 1. The molecule has 0 fully saturated rings. The molecule has 3 heteroatoms. The third-order valence-corrected chi connectivity index (χ3v) is 2.36. The number of fused-ring (bicyclic) bond motifs is 1. The van der Waals surface area contributed by atoms with Crippen molar-refractivity contribution in [3.63, 3.8) is 0 Å². The first-order chi connectivity index (χ1) is 7.16. The number of carbonyl (C=O) groups is 1. The standard InChI is InChI=1S/C12H13NO2/c1-8-4-3-5-10-12(8)13-11(15-10)7-6-9(2)14/h3-5H,6-7H2,1-2H3. The van der Waals surface area contributed by atoms with Gasteiger partial charge in [0.25, 0.3) is 0 Å². The smallest absolute Gasteiger partial charge is 0.195 e. The molecule has 0 atom stereocenters. The summed E-state index contributed by atoms with van der Waals surface area (Å²) in [6.07, 6.45) is 1.08. The molecule has 78 valence electrons. The van der Waals surface area contributed by atoms with E-state index in [1.165, 1.54) is 0 Å². The van der Waals surface area contributed by atoms with Crippen LogP contribution in [0.1, 0.15) is 24.8 Å². The minimum absolute atomic E-state index is 0.161. The van der Waals surface area contributed by atoms with E-state index in [1.807, 2.05) is 25.1 Å². The first-order valence-corrected chi connectivity index (χ1v) is 5.01. The first-order valence-electron chi connectivity index (χ1n) is 5.01. The number of hydrogen-bond acceptors (Lipinski definition) is 3. The SMILES string of the molecule is CC(=O)CCc1nc2c(C)cccc2o1. The molecular weight excluding hydrogens is 190 g/mol. The van der Waals surface area contributed by atoms with Crippen LogP contribution in [0.15, 0.2) is 22.6 Å². The molecule has 3 nitrogen and oxygen atoms in total. The predicted octanol–water partition coefficient (Wildman–Crippen LogP) is 2.66. The number of oxazole rings is 1. The first kappa shape index (κ1) is 9.90. The normalized spacial score (nSPS) is 10.8. The quantitative estimate of drug-likeness (QED) is 0.770. The summed E-state index contributed by atoms with van der Waals surface area (Å²) in [6, 6.07) is 5.84. The Labute approximate surface area is 88.1 Å². The number of Topliss-reactive ketones (excluding diaryl/α,β-unsaturated/α-hetero) is 1. The Morgan fingerprint density at radius 1 is 1.47 bits per heavy atom. The van der Waals surface area contributed by atoms with Gasteiger partial charge < -0.3 is 9.21 Å². The number of hydrogen-bond donors (Lipinski definition) is 0. The second kappa shape index (κ2) is 3.85. The molecule has 0 amide bonds. The van der Waals surface area contributed by atoms with Crippen molar-refractivity contribution in [2.45, 2.75) is 26.7 Å².